The minimum atomic E-state index is -3.57. The van der Waals surface area contributed by atoms with Crippen LogP contribution < -0.4 is 15.4 Å². The van der Waals surface area contributed by atoms with Gasteiger partial charge in [-0.05, 0) is 48.5 Å². The van der Waals surface area contributed by atoms with E-state index in [0.717, 1.165) is 15.6 Å². The van der Waals surface area contributed by atoms with Crippen LogP contribution in [0.2, 0.25) is 0 Å². The number of sulfonamides is 1. The van der Waals surface area contributed by atoms with E-state index >= 15 is 0 Å². The number of aromatic nitrogens is 2. The average Bonchev–Trinajstić information content (AvgIpc) is 3.25. The van der Waals surface area contributed by atoms with Crippen LogP contribution in [0.1, 0.15) is 10.4 Å². The van der Waals surface area contributed by atoms with E-state index in [1.54, 1.807) is 31.4 Å². The molecule has 0 unspecified atom stereocenters. The van der Waals surface area contributed by atoms with E-state index in [4.69, 9.17) is 4.74 Å². The van der Waals surface area contributed by atoms with Gasteiger partial charge in [-0.3, -0.25) is 14.9 Å². The van der Waals surface area contributed by atoms with Crippen molar-refractivity contribution in [3.05, 3.63) is 54.1 Å². The molecule has 3 rings (SSSR count). The molecule has 0 atom stereocenters. The lowest BCUT2D eigenvalue weighted by atomic mass is 10.2. The lowest BCUT2D eigenvalue weighted by Crippen LogP contribution is -2.22. The van der Waals surface area contributed by atoms with E-state index in [-0.39, 0.29) is 27.3 Å². The Labute approximate surface area is 199 Å². The number of anilines is 2. The molecule has 10 nitrogen and oxygen atoms in total. The summed E-state index contributed by atoms with van der Waals surface area (Å²) in [6.07, 6.45) is 0. The molecule has 0 aliphatic carbocycles. The standard InChI is InChI=1S/C20H21N5O5S3/c1-25(2)33(28,29)16-10-4-13(5-11-16)18(27)22-19-23-24-20(32-19)31-12-17(26)21-14-6-8-15(30-3)9-7-14/h4-11H,12H2,1-3H3,(H,21,26)(H,22,23,27). The van der Waals surface area contributed by atoms with Crippen LogP contribution in [0.3, 0.4) is 0 Å². The summed E-state index contributed by atoms with van der Waals surface area (Å²) in [6, 6.07) is 12.6. The maximum Gasteiger partial charge on any atom is 0.257 e. The van der Waals surface area contributed by atoms with Crippen LogP contribution in [-0.4, -0.2) is 61.7 Å². The van der Waals surface area contributed by atoms with Crippen molar-refractivity contribution in [1.29, 1.82) is 0 Å². The second-order valence-electron chi connectivity index (χ2n) is 6.70. The predicted molar refractivity (Wildman–Crippen MR) is 128 cm³/mol. The molecule has 13 heteroatoms. The minimum Gasteiger partial charge on any atom is -0.497 e. The fourth-order valence-electron chi connectivity index (χ4n) is 2.48. The summed E-state index contributed by atoms with van der Waals surface area (Å²) in [5.74, 6) is 0.156. The van der Waals surface area contributed by atoms with E-state index < -0.39 is 15.9 Å². The lowest BCUT2D eigenvalue weighted by molar-refractivity contribution is -0.113. The Morgan fingerprint density at radius 2 is 1.70 bits per heavy atom. The highest BCUT2D eigenvalue weighted by Gasteiger charge is 2.18. The summed E-state index contributed by atoms with van der Waals surface area (Å²) in [7, 11) is 0.864. The Balaban J connectivity index is 1.52. The van der Waals surface area contributed by atoms with Crippen molar-refractivity contribution >= 4 is 55.8 Å². The number of thioether (sulfide) groups is 1. The van der Waals surface area contributed by atoms with Gasteiger partial charge in [0.05, 0.1) is 17.8 Å². The van der Waals surface area contributed by atoms with E-state index in [1.807, 2.05) is 0 Å². The molecule has 174 valence electrons. The highest BCUT2D eigenvalue weighted by atomic mass is 32.2. The van der Waals surface area contributed by atoms with Crippen LogP contribution in [0.15, 0.2) is 57.8 Å². The van der Waals surface area contributed by atoms with Crippen molar-refractivity contribution in [3.8, 4) is 5.75 Å². The van der Waals surface area contributed by atoms with Gasteiger partial charge in [-0.2, -0.15) is 0 Å². The minimum absolute atomic E-state index is 0.0894. The van der Waals surface area contributed by atoms with Crippen LogP contribution >= 0.6 is 23.1 Å². The molecule has 33 heavy (non-hydrogen) atoms. The van der Waals surface area contributed by atoms with Gasteiger partial charge in [0.15, 0.2) is 4.34 Å². The highest BCUT2D eigenvalue weighted by Crippen LogP contribution is 2.26. The SMILES string of the molecule is COc1ccc(NC(=O)CSc2nnc(NC(=O)c3ccc(S(=O)(=O)N(C)C)cc3)s2)cc1. The molecule has 2 N–H and O–H groups in total. The highest BCUT2D eigenvalue weighted by molar-refractivity contribution is 8.01. The van der Waals surface area contributed by atoms with Gasteiger partial charge < -0.3 is 10.1 Å². The van der Waals surface area contributed by atoms with Crippen molar-refractivity contribution in [2.24, 2.45) is 0 Å². The molecule has 0 saturated carbocycles. The van der Waals surface area contributed by atoms with Gasteiger partial charge in [0.25, 0.3) is 5.91 Å². The molecule has 0 bridgehead atoms. The Kier molecular flexibility index (Phi) is 8.02. The van der Waals surface area contributed by atoms with E-state index in [1.165, 1.54) is 50.1 Å². The smallest absolute Gasteiger partial charge is 0.257 e. The zero-order valence-electron chi connectivity index (χ0n) is 17.9. The van der Waals surface area contributed by atoms with Gasteiger partial charge in [0.1, 0.15) is 5.75 Å². The summed E-state index contributed by atoms with van der Waals surface area (Å²) >= 11 is 2.32. The monoisotopic (exact) mass is 507 g/mol. The van der Waals surface area contributed by atoms with Gasteiger partial charge in [-0.15, -0.1) is 10.2 Å². The zero-order chi connectivity index (χ0) is 24.0. The molecule has 0 aliphatic heterocycles. The van der Waals surface area contributed by atoms with Crippen molar-refractivity contribution < 1.29 is 22.7 Å². The second kappa shape index (κ2) is 10.7. The number of rotatable bonds is 9. The normalized spacial score (nSPS) is 11.3. The number of benzene rings is 2. The third-order valence-corrected chi connectivity index (χ3v) is 8.02. The van der Waals surface area contributed by atoms with Gasteiger partial charge >= 0.3 is 0 Å². The molecule has 3 aromatic rings. The van der Waals surface area contributed by atoms with Crippen molar-refractivity contribution in [1.82, 2.24) is 14.5 Å². The number of hydrogen-bond donors (Lipinski definition) is 2. The Hall–Kier alpha value is -3.00. The van der Waals surface area contributed by atoms with E-state index in [9.17, 15) is 18.0 Å². The number of methoxy groups -OCH3 is 1. The van der Waals surface area contributed by atoms with Crippen LogP contribution in [-0.2, 0) is 14.8 Å². The first kappa shape index (κ1) is 24.6. The summed E-state index contributed by atoms with van der Waals surface area (Å²) < 4.78 is 30.9. The molecular weight excluding hydrogens is 486 g/mol. The number of nitrogens with one attached hydrogen (secondary N) is 2. The first-order valence-corrected chi connectivity index (χ1v) is 12.7. The summed E-state index contributed by atoms with van der Waals surface area (Å²) in [5.41, 5.74) is 0.923. The van der Waals surface area contributed by atoms with Gasteiger partial charge in [-0.1, -0.05) is 23.1 Å². The molecule has 0 saturated heterocycles. The lowest BCUT2D eigenvalue weighted by Gasteiger charge is -2.11. The maximum absolute atomic E-state index is 12.4. The van der Waals surface area contributed by atoms with Gasteiger partial charge in [0.2, 0.25) is 21.1 Å². The van der Waals surface area contributed by atoms with Crippen molar-refractivity contribution in [3.63, 3.8) is 0 Å². The maximum atomic E-state index is 12.4. The summed E-state index contributed by atoms with van der Waals surface area (Å²) in [5, 5.41) is 13.5. The molecule has 1 aromatic heterocycles. The van der Waals surface area contributed by atoms with E-state index in [0.29, 0.717) is 15.8 Å². The van der Waals surface area contributed by atoms with Crippen molar-refractivity contribution in [2.75, 3.05) is 37.6 Å². The largest absolute Gasteiger partial charge is 0.497 e. The molecular formula is C20H21N5O5S3. The van der Waals surface area contributed by atoms with Crippen LogP contribution in [0.5, 0.6) is 5.75 Å². The van der Waals surface area contributed by atoms with Crippen LogP contribution in [0, 0.1) is 0 Å². The van der Waals surface area contributed by atoms with E-state index in [2.05, 4.69) is 20.8 Å². The van der Waals surface area contributed by atoms with Crippen LogP contribution in [0.4, 0.5) is 10.8 Å². The fourth-order valence-corrected chi connectivity index (χ4v) is 4.92. The Morgan fingerprint density at radius 3 is 2.30 bits per heavy atom. The van der Waals surface area contributed by atoms with Crippen LogP contribution in [0.25, 0.3) is 0 Å². The Bertz CT molecular complexity index is 1230. The average molecular weight is 508 g/mol. The zero-order valence-corrected chi connectivity index (χ0v) is 20.4. The molecule has 0 aliphatic rings. The quantitative estimate of drug-likeness (QED) is 0.334. The first-order valence-electron chi connectivity index (χ1n) is 9.43. The third kappa shape index (κ3) is 6.51. The van der Waals surface area contributed by atoms with Gasteiger partial charge in [0, 0.05) is 25.3 Å². The summed E-state index contributed by atoms with van der Waals surface area (Å²) in [4.78, 5) is 24.6. The molecule has 0 fully saturated rings. The topological polar surface area (TPSA) is 131 Å². The molecule has 1 heterocycles. The molecule has 2 amide bonds. The number of carbonyl (C=O) groups is 2. The molecule has 0 radical (unpaired) electrons. The fraction of sp³-hybridized carbons (Fsp3) is 0.200. The molecule has 2 aromatic carbocycles. The third-order valence-electron chi connectivity index (χ3n) is 4.22. The predicted octanol–water partition coefficient (Wildman–Crippen LogP) is 2.78. The number of carbonyl (C=O) groups excluding carboxylic acids is 2. The number of amides is 2. The molecule has 0 spiro atoms. The van der Waals surface area contributed by atoms with Crippen molar-refractivity contribution in [2.45, 2.75) is 9.24 Å². The first-order chi connectivity index (χ1) is 15.7. The summed E-state index contributed by atoms with van der Waals surface area (Å²) in [6.45, 7) is 0. The number of hydrogen-bond acceptors (Lipinski definition) is 9. The number of ether oxygens (including phenoxy) is 1. The Morgan fingerprint density at radius 1 is 1.03 bits per heavy atom. The number of nitrogens with zero attached hydrogens (tertiary/aromatic N) is 3. The van der Waals surface area contributed by atoms with Gasteiger partial charge in [-0.25, -0.2) is 12.7 Å². The second-order valence-corrected chi connectivity index (χ2v) is 11.1.